The van der Waals surface area contributed by atoms with E-state index in [-0.39, 0.29) is 6.61 Å². The molecule has 0 radical (unpaired) electrons. The molecule has 5 heteroatoms. The molecule has 0 bridgehead atoms. The van der Waals surface area contributed by atoms with Crippen molar-refractivity contribution in [3.8, 4) is 6.07 Å². The summed E-state index contributed by atoms with van der Waals surface area (Å²) in [7, 11) is 0. The van der Waals surface area contributed by atoms with Gasteiger partial charge in [0.1, 0.15) is 0 Å². The zero-order chi connectivity index (χ0) is 18.2. The molecule has 0 unspecified atom stereocenters. The Balaban J connectivity index is 1.85. The van der Waals surface area contributed by atoms with Crippen LogP contribution in [0.3, 0.4) is 0 Å². The van der Waals surface area contributed by atoms with E-state index in [1.54, 1.807) is 0 Å². The maximum atomic E-state index is 11.9. The summed E-state index contributed by atoms with van der Waals surface area (Å²) in [4.78, 5) is 23.8. The van der Waals surface area contributed by atoms with Crippen molar-refractivity contribution >= 4 is 17.6 Å². The Hall–Kier alpha value is -3.13. The molecule has 0 aliphatic heterocycles. The van der Waals surface area contributed by atoms with E-state index >= 15 is 0 Å². The summed E-state index contributed by atoms with van der Waals surface area (Å²) < 4.78 is 4.98. The molecule has 0 aromatic heterocycles. The molecule has 1 N–H and O–H groups in total. The van der Waals surface area contributed by atoms with E-state index in [9.17, 15) is 9.59 Å². The smallest absolute Gasteiger partial charge is 0.338 e. The van der Waals surface area contributed by atoms with Crippen LogP contribution < -0.4 is 5.32 Å². The van der Waals surface area contributed by atoms with Crippen molar-refractivity contribution in [2.45, 2.75) is 26.2 Å². The molecule has 2 aromatic carbocycles. The van der Waals surface area contributed by atoms with Gasteiger partial charge in [0.05, 0.1) is 17.2 Å². The normalized spacial score (nSPS) is 11.2. The fourth-order valence-corrected chi connectivity index (χ4v) is 2.22. The van der Waals surface area contributed by atoms with E-state index in [1.807, 2.05) is 30.3 Å². The highest BCUT2D eigenvalue weighted by atomic mass is 16.5. The fraction of sp³-hybridized carbons (Fsp3) is 0.250. The summed E-state index contributed by atoms with van der Waals surface area (Å²) in [6.07, 6.45) is 1.05. The lowest BCUT2D eigenvalue weighted by molar-refractivity contribution is -0.119. The number of nitriles is 1. The first-order chi connectivity index (χ1) is 12.0. The third-order valence-corrected chi connectivity index (χ3v) is 3.96. The second-order valence-corrected chi connectivity index (χ2v) is 5.74. The highest BCUT2D eigenvalue weighted by Crippen LogP contribution is 2.20. The van der Waals surface area contributed by atoms with Crippen LogP contribution in [0.5, 0.6) is 0 Å². The van der Waals surface area contributed by atoms with Crippen molar-refractivity contribution in [1.29, 1.82) is 5.26 Å². The number of esters is 1. The molecule has 2 rings (SSSR count). The van der Waals surface area contributed by atoms with Gasteiger partial charge in [0, 0.05) is 5.69 Å². The van der Waals surface area contributed by atoms with Gasteiger partial charge < -0.3 is 10.1 Å². The van der Waals surface area contributed by atoms with Gasteiger partial charge in [-0.05, 0) is 54.3 Å². The first kappa shape index (κ1) is 18.2. The Morgan fingerprint density at radius 1 is 1.12 bits per heavy atom. The number of anilines is 1. The number of nitrogens with zero attached hydrogens (tertiary/aromatic N) is 1. The van der Waals surface area contributed by atoms with Crippen molar-refractivity contribution in [3.63, 3.8) is 0 Å². The summed E-state index contributed by atoms with van der Waals surface area (Å²) >= 11 is 0. The lowest BCUT2D eigenvalue weighted by atomic mass is 9.99. The minimum atomic E-state index is -0.605. The lowest BCUT2D eigenvalue weighted by Gasteiger charge is -2.10. The van der Waals surface area contributed by atoms with Gasteiger partial charge in [-0.2, -0.15) is 5.26 Å². The van der Waals surface area contributed by atoms with Gasteiger partial charge in [0.25, 0.3) is 5.91 Å². The van der Waals surface area contributed by atoms with Crippen LogP contribution in [0.1, 0.15) is 47.7 Å². The quantitative estimate of drug-likeness (QED) is 0.812. The summed E-state index contributed by atoms with van der Waals surface area (Å²) in [6, 6.07) is 15.6. The number of hydrogen-bond acceptors (Lipinski definition) is 4. The van der Waals surface area contributed by atoms with Crippen molar-refractivity contribution < 1.29 is 14.3 Å². The topological polar surface area (TPSA) is 79.2 Å². The zero-order valence-corrected chi connectivity index (χ0v) is 14.3. The summed E-state index contributed by atoms with van der Waals surface area (Å²) in [5.74, 6) is -0.539. The van der Waals surface area contributed by atoms with Gasteiger partial charge in [0.15, 0.2) is 6.61 Å². The highest BCUT2D eigenvalue weighted by Gasteiger charge is 2.11. The van der Waals surface area contributed by atoms with Crippen LogP contribution in [0, 0.1) is 11.3 Å². The van der Waals surface area contributed by atoms with E-state index in [1.165, 1.54) is 29.8 Å². The van der Waals surface area contributed by atoms with Gasteiger partial charge in [-0.3, -0.25) is 4.79 Å². The molecule has 1 atom stereocenters. The van der Waals surface area contributed by atoms with E-state index in [0.717, 1.165) is 6.42 Å². The molecule has 25 heavy (non-hydrogen) atoms. The average molecular weight is 336 g/mol. The van der Waals surface area contributed by atoms with E-state index in [0.29, 0.717) is 22.7 Å². The number of benzene rings is 2. The van der Waals surface area contributed by atoms with Crippen LogP contribution >= 0.6 is 0 Å². The molecule has 0 aliphatic carbocycles. The Morgan fingerprint density at radius 2 is 1.76 bits per heavy atom. The first-order valence-corrected chi connectivity index (χ1v) is 8.10. The third kappa shape index (κ3) is 5.18. The molecule has 0 aliphatic rings. The molecule has 0 saturated heterocycles. The summed E-state index contributed by atoms with van der Waals surface area (Å²) in [5.41, 5.74) is 2.62. The molecule has 0 saturated carbocycles. The number of nitrogens with one attached hydrogen (secondary N) is 1. The Bertz CT molecular complexity index is 774. The second-order valence-electron chi connectivity index (χ2n) is 5.74. The maximum Gasteiger partial charge on any atom is 0.338 e. The van der Waals surface area contributed by atoms with Crippen LogP contribution in [-0.4, -0.2) is 18.5 Å². The lowest BCUT2D eigenvalue weighted by Crippen LogP contribution is -2.20. The number of hydrogen-bond donors (Lipinski definition) is 1. The van der Waals surface area contributed by atoms with E-state index in [2.05, 4.69) is 19.2 Å². The molecular formula is C20H20N2O3. The van der Waals surface area contributed by atoms with Crippen LogP contribution in [0.2, 0.25) is 0 Å². The van der Waals surface area contributed by atoms with Crippen LogP contribution in [-0.2, 0) is 9.53 Å². The van der Waals surface area contributed by atoms with Crippen molar-refractivity contribution in [2.24, 2.45) is 0 Å². The standard InChI is InChI=1S/C20H20N2O3/c1-3-14(2)16-8-10-18(11-9-16)22-19(23)13-25-20(24)17-6-4-15(12-21)5-7-17/h4-11,14H,3,13H2,1-2H3,(H,22,23)/t14-/m0/s1. The SMILES string of the molecule is CC[C@H](C)c1ccc(NC(=O)COC(=O)c2ccc(C#N)cc2)cc1. The predicted molar refractivity (Wildman–Crippen MR) is 95.2 cm³/mol. The number of carbonyl (C=O) groups is 2. The molecule has 0 fully saturated rings. The molecule has 0 heterocycles. The number of carbonyl (C=O) groups excluding carboxylic acids is 2. The number of rotatable bonds is 6. The van der Waals surface area contributed by atoms with Crippen LogP contribution in [0.25, 0.3) is 0 Å². The highest BCUT2D eigenvalue weighted by molar-refractivity contribution is 5.95. The number of amides is 1. The first-order valence-electron chi connectivity index (χ1n) is 8.10. The minimum Gasteiger partial charge on any atom is -0.452 e. The molecular weight excluding hydrogens is 316 g/mol. The maximum absolute atomic E-state index is 11.9. The Kier molecular flexibility index (Phi) is 6.30. The van der Waals surface area contributed by atoms with E-state index < -0.39 is 11.9 Å². The van der Waals surface area contributed by atoms with Crippen LogP contribution in [0.4, 0.5) is 5.69 Å². The minimum absolute atomic E-state index is 0.296. The third-order valence-electron chi connectivity index (χ3n) is 3.96. The summed E-state index contributed by atoms with van der Waals surface area (Å²) in [5, 5.41) is 11.4. The monoisotopic (exact) mass is 336 g/mol. The van der Waals surface area contributed by atoms with Gasteiger partial charge >= 0.3 is 5.97 Å². The molecule has 2 aromatic rings. The predicted octanol–water partition coefficient (Wildman–Crippen LogP) is 3.87. The fourth-order valence-electron chi connectivity index (χ4n) is 2.22. The molecule has 5 nitrogen and oxygen atoms in total. The van der Waals surface area contributed by atoms with Crippen molar-refractivity contribution in [3.05, 3.63) is 65.2 Å². The van der Waals surface area contributed by atoms with Gasteiger partial charge in [0.2, 0.25) is 0 Å². The number of ether oxygens (including phenoxy) is 1. The van der Waals surface area contributed by atoms with Crippen molar-refractivity contribution in [2.75, 3.05) is 11.9 Å². The Morgan fingerprint density at radius 3 is 2.32 bits per heavy atom. The zero-order valence-electron chi connectivity index (χ0n) is 14.3. The average Bonchev–Trinajstić information content (AvgIpc) is 2.66. The molecule has 1 amide bonds. The molecule has 0 spiro atoms. The Labute approximate surface area is 147 Å². The largest absolute Gasteiger partial charge is 0.452 e. The van der Waals surface area contributed by atoms with Gasteiger partial charge in [-0.1, -0.05) is 26.0 Å². The molecule has 128 valence electrons. The van der Waals surface area contributed by atoms with Crippen molar-refractivity contribution in [1.82, 2.24) is 0 Å². The van der Waals surface area contributed by atoms with E-state index in [4.69, 9.17) is 10.00 Å². The summed E-state index contributed by atoms with van der Waals surface area (Å²) in [6.45, 7) is 3.91. The van der Waals surface area contributed by atoms with Gasteiger partial charge in [-0.15, -0.1) is 0 Å². The second kappa shape index (κ2) is 8.65. The van der Waals surface area contributed by atoms with Gasteiger partial charge in [-0.25, -0.2) is 4.79 Å². The van der Waals surface area contributed by atoms with Crippen LogP contribution in [0.15, 0.2) is 48.5 Å².